The highest BCUT2D eigenvalue weighted by atomic mass is 35.5. The number of hydrogen-bond acceptors (Lipinski definition) is 10. The lowest BCUT2D eigenvalue weighted by atomic mass is 10.2. The summed E-state index contributed by atoms with van der Waals surface area (Å²) in [6, 6.07) is 13.9. The molecule has 0 aliphatic heterocycles. The zero-order valence-corrected chi connectivity index (χ0v) is 24.0. The summed E-state index contributed by atoms with van der Waals surface area (Å²) in [6.07, 6.45) is 0.0147. The summed E-state index contributed by atoms with van der Waals surface area (Å²) in [5.41, 5.74) is 2.03. The third kappa shape index (κ3) is 8.48. The van der Waals surface area contributed by atoms with E-state index in [1.165, 1.54) is 0 Å². The minimum atomic E-state index is -0.521. The fourth-order valence-corrected chi connectivity index (χ4v) is 3.88. The fourth-order valence-electron chi connectivity index (χ4n) is 3.62. The number of carbonyl (C=O) groups excluding carboxylic acids is 2. The van der Waals surface area contributed by atoms with Crippen molar-refractivity contribution in [3.05, 3.63) is 70.0 Å². The molecule has 4 aromatic rings. The zero-order chi connectivity index (χ0) is 29.2. The molecule has 2 heterocycles. The van der Waals surface area contributed by atoms with Gasteiger partial charge in [-0.3, -0.25) is 9.59 Å². The van der Waals surface area contributed by atoms with Crippen molar-refractivity contribution in [2.24, 2.45) is 0 Å². The van der Waals surface area contributed by atoms with E-state index < -0.39 is 11.9 Å². The first kappa shape index (κ1) is 30.0. The van der Waals surface area contributed by atoms with Crippen LogP contribution in [0.4, 0.5) is 0 Å². The van der Waals surface area contributed by atoms with Crippen LogP contribution in [0.5, 0.6) is 11.9 Å². The smallest absolute Gasteiger partial charge is 0.312 e. The number of hydrogen-bond donors (Lipinski definition) is 0. The number of aromatic nitrogens is 2. The SMILES string of the molecule is CCOc1oc(-c2ccc(Cl)cc2)nc1CC(=O)OCCCOC(=O)Cc1nc(-c2ccc(Cl)cc2)oc1OCC. The summed E-state index contributed by atoms with van der Waals surface area (Å²) in [4.78, 5) is 33.6. The number of benzene rings is 2. The van der Waals surface area contributed by atoms with E-state index in [0.717, 1.165) is 0 Å². The number of nitrogens with zero attached hydrogens (tertiary/aromatic N) is 2. The van der Waals surface area contributed by atoms with Crippen molar-refractivity contribution in [2.75, 3.05) is 26.4 Å². The molecular weight excluding hydrogens is 575 g/mol. The first-order chi connectivity index (χ1) is 19.9. The predicted octanol–water partition coefficient (Wildman–Crippen LogP) is 6.36. The van der Waals surface area contributed by atoms with Crippen LogP contribution in [0.15, 0.2) is 57.4 Å². The van der Waals surface area contributed by atoms with E-state index in [4.69, 9.17) is 51.0 Å². The molecule has 0 amide bonds. The van der Waals surface area contributed by atoms with E-state index in [2.05, 4.69) is 9.97 Å². The molecule has 0 unspecified atom stereocenters. The van der Waals surface area contributed by atoms with Crippen molar-refractivity contribution >= 4 is 35.1 Å². The third-order valence-electron chi connectivity index (χ3n) is 5.49. The Morgan fingerprint density at radius 1 is 0.683 bits per heavy atom. The Hall–Kier alpha value is -4.02. The van der Waals surface area contributed by atoms with Gasteiger partial charge >= 0.3 is 23.8 Å². The average molecular weight is 603 g/mol. The molecule has 0 spiro atoms. The Kier molecular flexibility index (Phi) is 10.6. The van der Waals surface area contributed by atoms with Crippen LogP contribution in [-0.4, -0.2) is 48.3 Å². The normalized spacial score (nSPS) is 10.8. The van der Waals surface area contributed by atoms with Crippen LogP contribution in [0.25, 0.3) is 22.9 Å². The van der Waals surface area contributed by atoms with Gasteiger partial charge in [-0.25, -0.2) is 9.97 Å². The summed E-state index contributed by atoms with van der Waals surface area (Å²) in [6.45, 7) is 4.37. The van der Waals surface area contributed by atoms with Gasteiger partial charge in [-0.1, -0.05) is 23.2 Å². The molecule has 0 saturated carbocycles. The summed E-state index contributed by atoms with van der Waals surface area (Å²) >= 11 is 11.9. The minimum absolute atomic E-state index is 0.0485. The number of carbonyl (C=O) groups is 2. The Bertz CT molecular complexity index is 1340. The summed E-state index contributed by atoms with van der Waals surface area (Å²) in [7, 11) is 0. The van der Waals surface area contributed by atoms with Crippen molar-refractivity contribution in [2.45, 2.75) is 33.1 Å². The Morgan fingerprint density at radius 2 is 1.07 bits per heavy atom. The van der Waals surface area contributed by atoms with Gasteiger partial charge < -0.3 is 27.8 Å². The van der Waals surface area contributed by atoms with Gasteiger partial charge in [0.25, 0.3) is 0 Å². The molecular formula is C29H28Cl2N2O8. The lowest BCUT2D eigenvalue weighted by Gasteiger charge is -2.06. The molecule has 0 N–H and O–H groups in total. The summed E-state index contributed by atoms with van der Waals surface area (Å²) in [5.74, 6) is -0.123. The molecule has 0 aliphatic rings. The monoisotopic (exact) mass is 602 g/mol. The quantitative estimate of drug-likeness (QED) is 0.119. The van der Waals surface area contributed by atoms with Crippen molar-refractivity contribution in [3.8, 4) is 34.8 Å². The van der Waals surface area contributed by atoms with Crippen LogP contribution in [0.2, 0.25) is 10.0 Å². The van der Waals surface area contributed by atoms with Crippen LogP contribution in [0.3, 0.4) is 0 Å². The van der Waals surface area contributed by atoms with Gasteiger partial charge in [0.2, 0.25) is 11.8 Å². The minimum Gasteiger partial charge on any atom is -0.465 e. The van der Waals surface area contributed by atoms with Gasteiger partial charge in [0.05, 0.1) is 39.3 Å². The first-order valence-corrected chi connectivity index (χ1v) is 13.7. The van der Waals surface area contributed by atoms with Crippen molar-refractivity contribution in [1.82, 2.24) is 9.97 Å². The van der Waals surface area contributed by atoms with Crippen LogP contribution >= 0.6 is 23.2 Å². The number of halogens is 2. The predicted molar refractivity (Wildman–Crippen MR) is 150 cm³/mol. The molecule has 0 fully saturated rings. The maximum Gasteiger partial charge on any atom is 0.312 e. The number of esters is 2. The van der Waals surface area contributed by atoms with E-state index in [1.807, 2.05) is 0 Å². The van der Waals surface area contributed by atoms with Gasteiger partial charge in [0.15, 0.2) is 0 Å². The standard InChI is InChI=1S/C29H28Cl2N2O8/c1-3-36-28-22(32-26(40-28)18-6-10-20(30)11-7-18)16-24(34)38-14-5-15-39-25(35)17-23-29(37-4-2)41-27(33-23)19-8-12-21(31)13-9-19/h6-13H,3-5,14-17H2,1-2H3. The fraction of sp³-hybridized carbons (Fsp3) is 0.310. The summed E-state index contributed by atoms with van der Waals surface area (Å²) < 4.78 is 32.9. The van der Waals surface area contributed by atoms with E-state index in [1.54, 1.807) is 62.4 Å². The maximum atomic E-state index is 12.4. The molecule has 2 aromatic heterocycles. The van der Waals surface area contributed by atoms with Crippen molar-refractivity contribution < 1.29 is 37.4 Å². The van der Waals surface area contributed by atoms with E-state index in [-0.39, 0.29) is 37.9 Å². The number of ether oxygens (including phenoxy) is 4. The molecule has 0 aliphatic carbocycles. The van der Waals surface area contributed by atoms with E-state index in [0.29, 0.717) is 64.0 Å². The highest BCUT2D eigenvalue weighted by molar-refractivity contribution is 6.30. The maximum absolute atomic E-state index is 12.4. The molecule has 12 heteroatoms. The molecule has 10 nitrogen and oxygen atoms in total. The average Bonchev–Trinajstić information content (AvgIpc) is 3.53. The van der Waals surface area contributed by atoms with Crippen LogP contribution in [-0.2, 0) is 31.9 Å². The summed E-state index contributed by atoms with van der Waals surface area (Å²) in [5, 5.41) is 1.16. The molecule has 0 bridgehead atoms. The molecule has 2 aromatic carbocycles. The molecule has 0 radical (unpaired) electrons. The Morgan fingerprint density at radius 3 is 1.44 bits per heavy atom. The van der Waals surface area contributed by atoms with Crippen LogP contribution < -0.4 is 9.47 Å². The van der Waals surface area contributed by atoms with Gasteiger partial charge in [-0.05, 0) is 62.4 Å². The second-order valence-corrected chi connectivity index (χ2v) is 9.41. The second-order valence-electron chi connectivity index (χ2n) is 8.53. The lowest BCUT2D eigenvalue weighted by Crippen LogP contribution is -2.14. The second kappa shape index (κ2) is 14.6. The topological polar surface area (TPSA) is 123 Å². The molecule has 41 heavy (non-hydrogen) atoms. The van der Waals surface area contributed by atoms with E-state index in [9.17, 15) is 9.59 Å². The highest BCUT2D eigenvalue weighted by Gasteiger charge is 2.21. The third-order valence-corrected chi connectivity index (χ3v) is 6.00. The lowest BCUT2D eigenvalue weighted by molar-refractivity contribution is -0.145. The van der Waals surface area contributed by atoms with Crippen molar-refractivity contribution in [1.29, 1.82) is 0 Å². The number of oxazole rings is 2. The first-order valence-electron chi connectivity index (χ1n) is 12.9. The Labute approximate surface area is 246 Å². The molecule has 216 valence electrons. The van der Waals surface area contributed by atoms with Gasteiger partial charge in [-0.2, -0.15) is 0 Å². The Balaban J connectivity index is 1.23. The number of rotatable bonds is 14. The van der Waals surface area contributed by atoms with Gasteiger partial charge in [-0.15, -0.1) is 0 Å². The highest BCUT2D eigenvalue weighted by Crippen LogP contribution is 2.30. The van der Waals surface area contributed by atoms with Gasteiger partial charge in [0.1, 0.15) is 11.4 Å². The van der Waals surface area contributed by atoms with E-state index >= 15 is 0 Å². The molecule has 4 rings (SSSR count). The largest absolute Gasteiger partial charge is 0.465 e. The van der Waals surface area contributed by atoms with Crippen molar-refractivity contribution in [3.63, 3.8) is 0 Å². The van der Waals surface area contributed by atoms with Crippen LogP contribution in [0.1, 0.15) is 31.7 Å². The molecule has 0 saturated heterocycles. The zero-order valence-electron chi connectivity index (χ0n) is 22.5. The molecule has 0 atom stereocenters. The van der Waals surface area contributed by atoms with Gasteiger partial charge in [0, 0.05) is 27.6 Å². The van der Waals surface area contributed by atoms with Crippen LogP contribution in [0, 0.1) is 0 Å².